The topological polar surface area (TPSA) is 81.7 Å². The molecule has 3 aromatic rings. The number of para-hydroxylation sites is 2. The number of halogens is 4. The van der Waals surface area contributed by atoms with Gasteiger partial charge in [0.1, 0.15) is 5.75 Å². The second-order valence-corrected chi connectivity index (χ2v) is 8.08. The Morgan fingerprint density at radius 2 is 1.70 bits per heavy atom. The van der Waals surface area contributed by atoms with E-state index in [4.69, 9.17) is 51.3 Å². The lowest BCUT2D eigenvalue weighted by atomic mass is 10.2. The third kappa shape index (κ3) is 5.00. The van der Waals surface area contributed by atoms with Crippen LogP contribution in [0.5, 0.6) is 11.5 Å². The van der Waals surface area contributed by atoms with E-state index < -0.39 is 17.1 Å². The van der Waals surface area contributed by atoms with E-state index in [0.717, 1.165) is 0 Å². The first-order valence-corrected chi connectivity index (χ1v) is 10.7. The largest absolute Gasteiger partial charge is 0.768 e. The Bertz CT molecular complexity index is 1130. The summed E-state index contributed by atoms with van der Waals surface area (Å²) in [6.07, 6.45) is 0. The zero-order valence-corrected chi connectivity index (χ0v) is 18.6. The fourth-order valence-corrected chi connectivity index (χ4v) is 3.69. The number of ether oxygens (including phenoxy) is 1. The van der Waals surface area contributed by atoms with Crippen molar-refractivity contribution in [1.82, 2.24) is 4.84 Å². The molecule has 2 amide bonds. The van der Waals surface area contributed by atoms with Crippen molar-refractivity contribution in [3.05, 3.63) is 75.7 Å². The molecule has 156 valence electrons. The molecule has 1 unspecified atom stereocenters. The third-order valence-electron chi connectivity index (χ3n) is 3.86. The predicted molar refractivity (Wildman–Crippen MR) is 118 cm³/mol. The van der Waals surface area contributed by atoms with E-state index in [1.165, 1.54) is 35.2 Å². The van der Waals surface area contributed by atoms with Crippen LogP contribution in [-0.2, 0) is 11.1 Å². The van der Waals surface area contributed by atoms with Gasteiger partial charge >= 0.3 is 6.03 Å². The van der Waals surface area contributed by atoms with Gasteiger partial charge in [0.15, 0.2) is 5.75 Å². The summed E-state index contributed by atoms with van der Waals surface area (Å²) in [4.78, 5) is 15.7. The average molecular weight is 505 g/mol. The van der Waals surface area contributed by atoms with Crippen LogP contribution in [0.25, 0.3) is 0 Å². The summed E-state index contributed by atoms with van der Waals surface area (Å²) in [5, 5.41) is 0.760. The molecule has 0 spiro atoms. The molecule has 0 aliphatic heterocycles. The second kappa shape index (κ2) is 9.87. The minimum Gasteiger partial charge on any atom is -0.768 e. The Kier molecular flexibility index (Phi) is 7.46. The van der Waals surface area contributed by atoms with Gasteiger partial charge in [0.05, 0.1) is 26.3 Å². The molecule has 0 aliphatic carbocycles. The molecule has 0 aliphatic rings. The monoisotopic (exact) mass is 503 g/mol. The van der Waals surface area contributed by atoms with Crippen molar-refractivity contribution in [2.45, 2.75) is 4.90 Å². The van der Waals surface area contributed by atoms with Crippen molar-refractivity contribution in [1.29, 1.82) is 0 Å². The highest BCUT2D eigenvalue weighted by molar-refractivity contribution is 7.79. The number of carbonyl (C=O) groups excluding carboxylic acids is 1. The number of nitrogens with zero attached hydrogens (tertiary/aromatic N) is 1. The van der Waals surface area contributed by atoms with Gasteiger partial charge in [-0.25, -0.2) is 9.63 Å². The molecule has 30 heavy (non-hydrogen) atoms. The van der Waals surface area contributed by atoms with E-state index in [1.807, 2.05) is 4.84 Å². The minimum atomic E-state index is -2.60. The number of urea groups is 1. The highest BCUT2D eigenvalue weighted by Crippen LogP contribution is 2.39. The fraction of sp³-hybridized carbons (Fsp3) is 0. The van der Waals surface area contributed by atoms with Crippen LogP contribution in [0.2, 0.25) is 15.1 Å². The zero-order valence-electron chi connectivity index (χ0n) is 14.8. The van der Waals surface area contributed by atoms with Crippen LogP contribution in [0.1, 0.15) is 0 Å². The van der Waals surface area contributed by atoms with E-state index in [9.17, 15) is 13.6 Å². The molecule has 0 aromatic heterocycles. The minimum absolute atomic E-state index is 0.0283. The molecule has 0 saturated heterocycles. The first kappa shape index (κ1) is 22.7. The smallest absolute Gasteiger partial charge is 0.341 e. The number of carbonyl (C=O) groups is 1. The second-order valence-electron chi connectivity index (χ2n) is 5.73. The number of rotatable bonds is 5. The maximum atomic E-state index is 12.6. The van der Waals surface area contributed by atoms with Crippen molar-refractivity contribution in [2.24, 2.45) is 0 Å². The van der Waals surface area contributed by atoms with Gasteiger partial charge < -0.3 is 9.29 Å². The number of anilines is 2. The number of hydrogen-bond donors (Lipinski definition) is 1. The number of benzene rings is 3. The van der Waals surface area contributed by atoms with E-state index in [2.05, 4.69) is 0 Å². The first-order chi connectivity index (χ1) is 14.3. The lowest BCUT2D eigenvalue weighted by Gasteiger charge is -2.25. The SMILES string of the molecule is O=C(NCl)N(c1ccc(Cl)c(Cl)c1)c1ccccc1Oc1ccc(Cl)cc1S(=O)[O-]. The normalized spacial score (nSPS) is 11.6. The van der Waals surface area contributed by atoms with Crippen LogP contribution in [0.4, 0.5) is 16.2 Å². The molecule has 0 heterocycles. The summed E-state index contributed by atoms with van der Waals surface area (Å²) in [7, 11) is 0. The highest BCUT2D eigenvalue weighted by Gasteiger charge is 2.23. The van der Waals surface area contributed by atoms with E-state index in [-0.39, 0.29) is 32.1 Å². The van der Waals surface area contributed by atoms with Crippen LogP contribution in [0.15, 0.2) is 65.6 Å². The van der Waals surface area contributed by atoms with Gasteiger partial charge in [-0.05, 0) is 59.6 Å². The number of amides is 2. The van der Waals surface area contributed by atoms with Gasteiger partial charge in [-0.1, -0.05) is 46.9 Å². The van der Waals surface area contributed by atoms with Crippen molar-refractivity contribution in [3.63, 3.8) is 0 Å². The predicted octanol–water partition coefficient (Wildman–Crippen LogP) is 6.68. The van der Waals surface area contributed by atoms with Crippen molar-refractivity contribution < 1.29 is 18.3 Å². The average Bonchev–Trinajstić information content (AvgIpc) is 2.73. The molecular formula is C19H11Cl4N2O4S-. The molecule has 1 N–H and O–H groups in total. The Labute approximate surface area is 194 Å². The van der Waals surface area contributed by atoms with Gasteiger partial charge in [0, 0.05) is 16.8 Å². The summed E-state index contributed by atoms with van der Waals surface area (Å²) in [6, 6.07) is 14.5. The standard InChI is InChI=1S/C19H12Cl4N2O4S/c20-11-5-8-17(18(9-11)30(27)28)29-16-4-2-1-3-15(16)25(19(26)24-23)12-6-7-13(21)14(22)10-12/h1-10H,(H,24,26)(H,27,28)/p-1. The maximum Gasteiger partial charge on any atom is 0.341 e. The molecule has 0 bridgehead atoms. The Morgan fingerprint density at radius 1 is 0.967 bits per heavy atom. The zero-order chi connectivity index (χ0) is 21.8. The summed E-state index contributed by atoms with van der Waals surface area (Å²) >= 11 is 20.9. The van der Waals surface area contributed by atoms with Gasteiger partial charge in [-0.2, -0.15) is 0 Å². The van der Waals surface area contributed by atoms with Gasteiger partial charge in [0.25, 0.3) is 0 Å². The molecule has 6 nitrogen and oxygen atoms in total. The molecular weight excluding hydrogens is 494 g/mol. The molecule has 3 aromatic carbocycles. The fourth-order valence-electron chi connectivity index (χ4n) is 2.58. The molecule has 3 rings (SSSR count). The van der Waals surface area contributed by atoms with Crippen LogP contribution in [0.3, 0.4) is 0 Å². The molecule has 0 radical (unpaired) electrons. The van der Waals surface area contributed by atoms with E-state index >= 15 is 0 Å². The summed E-state index contributed by atoms with van der Waals surface area (Å²) in [5.41, 5.74) is 0.619. The third-order valence-corrected chi connectivity index (χ3v) is 5.67. The van der Waals surface area contributed by atoms with E-state index in [0.29, 0.717) is 10.7 Å². The van der Waals surface area contributed by atoms with Gasteiger partial charge in [0.2, 0.25) is 0 Å². The quantitative estimate of drug-likeness (QED) is 0.310. The Balaban J connectivity index is 2.11. The lowest BCUT2D eigenvalue weighted by Crippen LogP contribution is -2.32. The van der Waals surface area contributed by atoms with E-state index in [1.54, 1.807) is 30.3 Å². The van der Waals surface area contributed by atoms with Gasteiger partial charge in [-0.3, -0.25) is 9.11 Å². The Hall–Kier alpha value is -2.00. The number of hydrogen-bond acceptors (Lipinski definition) is 4. The summed E-state index contributed by atoms with van der Waals surface area (Å²) in [6.45, 7) is 0. The van der Waals surface area contributed by atoms with Crippen LogP contribution in [-0.4, -0.2) is 14.8 Å². The molecule has 11 heteroatoms. The molecule has 0 saturated carbocycles. The van der Waals surface area contributed by atoms with Crippen molar-refractivity contribution >= 4 is 75.1 Å². The number of nitrogens with one attached hydrogen (secondary N) is 1. The van der Waals surface area contributed by atoms with Crippen molar-refractivity contribution in [3.8, 4) is 11.5 Å². The summed E-state index contributed by atoms with van der Waals surface area (Å²) < 4.78 is 29.0. The van der Waals surface area contributed by atoms with Crippen LogP contribution < -0.4 is 14.5 Å². The molecule has 0 fully saturated rings. The van der Waals surface area contributed by atoms with Crippen LogP contribution in [0, 0.1) is 0 Å². The van der Waals surface area contributed by atoms with Crippen molar-refractivity contribution in [2.75, 3.05) is 4.90 Å². The molecule has 1 atom stereocenters. The lowest BCUT2D eigenvalue weighted by molar-refractivity contribution is 0.253. The van der Waals surface area contributed by atoms with Gasteiger partial charge in [-0.15, -0.1) is 0 Å². The Morgan fingerprint density at radius 3 is 2.37 bits per heavy atom. The highest BCUT2D eigenvalue weighted by atomic mass is 35.5. The maximum absolute atomic E-state index is 12.6. The summed E-state index contributed by atoms with van der Waals surface area (Å²) in [5.74, 6) is 0.207. The first-order valence-electron chi connectivity index (χ1n) is 8.13. The van der Waals surface area contributed by atoms with Crippen LogP contribution >= 0.6 is 46.6 Å².